The van der Waals surface area contributed by atoms with Crippen molar-refractivity contribution >= 4 is 12.0 Å². The SMILES string of the molecule is CC(C)(C)OC(=O)N1CCCC[C@@H]1C(=O)N1CCC(C2(C)OCCO2)CC1. The summed E-state index contributed by atoms with van der Waals surface area (Å²) < 4.78 is 17.1. The van der Waals surface area contributed by atoms with Gasteiger partial charge >= 0.3 is 6.09 Å². The standard InChI is InChI=1S/C20H34N2O5/c1-19(2,3)27-18(24)22-10-6-5-7-16(22)17(23)21-11-8-15(9-12-21)20(4)25-13-14-26-20/h15-16H,5-14H2,1-4H3/t16-/m1/s1. The fourth-order valence-corrected chi connectivity index (χ4v) is 4.33. The monoisotopic (exact) mass is 382 g/mol. The predicted molar refractivity (Wildman–Crippen MR) is 100 cm³/mol. The molecule has 0 aromatic carbocycles. The quantitative estimate of drug-likeness (QED) is 0.735. The Bertz CT molecular complexity index is 545. The highest BCUT2D eigenvalue weighted by molar-refractivity contribution is 5.86. The lowest BCUT2D eigenvalue weighted by atomic mass is 9.88. The smallest absolute Gasteiger partial charge is 0.410 e. The van der Waals surface area contributed by atoms with Crippen molar-refractivity contribution in [3.63, 3.8) is 0 Å². The molecule has 0 spiro atoms. The molecule has 0 N–H and O–H groups in total. The van der Waals surface area contributed by atoms with E-state index in [9.17, 15) is 9.59 Å². The van der Waals surface area contributed by atoms with Crippen molar-refractivity contribution in [2.24, 2.45) is 5.92 Å². The molecule has 1 atom stereocenters. The number of rotatable bonds is 2. The van der Waals surface area contributed by atoms with Gasteiger partial charge in [0.05, 0.1) is 13.2 Å². The molecule has 7 heteroatoms. The van der Waals surface area contributed by atoms with Crippen molar-refractivity contribution in [3.05, 3.63) is 0 Å². The summed E-state index contributed by atoms with van der Waals surface area (Å²) in [4.78, 5) is 29.3. The van der Waals surface area contributed by atoms with E-state index >= 15 is 0 Å². The second kappa shape index (κ2) is 7.95. The number of nitrogens with zero attached hydrogens (tertiary/aromatic N) is 2. The van der Waals surface area contributed by atoms with Gasteiger partial charge in [0.2, 0.25) is 5.91 Å². The highest BCUT2D eigenvalue weighted by atomic mass is 16.7. The lowest BCUT2D eigenvalue weighted by molar-refractivity contribution is -0.192. The Balaban J connectivity index is 1.59. The topological polar surface area (TPSA) is 68.3 Å². The minimum Gasteiger partial charge on any atom is -0.444 e. The van der Waals surface area contributed by atoms with E-state index in [0.29, 0.717) is 45.2 Å². The van der Waals surface area contributed by atoms with Crippen LogP contribution in [0.2, 0.25) is 0 Å². The van der Waals surface area contributed by atoms with E-state index in [1.54, 1.807) is 4.90 Å². The summed E-state index contributed by atoms with van der Waals surface area (Å²) >= 11 is 0. The van der Waals surface area contributed by atoms with Gasteiger partial charge in [0.25, 0.3) is 0 Å². The molecule has 154 valence electrons. The number of carbonyl (C=O) groups is 2. The molecule has 3 rings (SSSR count). The van der Waals surface area contributed by atoms with E-state index in [0.717, 1.165) is 25.7 Å². The number of hydrogen-bond acceptors (Lipinski definition) is 5. The Labute approximate surface area is 162 Å². The fourth-order valence-electron chi connectivity index (χ4n) is 4.33. The van der Waals surface area contributed by atoms with Crippen molar-refractivity contribution in [2.75, 3.05) is 32.8 Å². The minimum atomic E-state index is -0.558. The van der Waals surface area contributed by atoms with Gasteiger partial charge in [0.1, 0.15) is 11.6 Å². The van der Waals surface area contributed by atoms with E-state index in [1.807, 2.05) is 32.6 Å². The number of ether oxygens (including phenoxy) is 3. The first-order chi connectivity index (χ1) is 12.7. The van der Waals surface area contributed by atoms with Crippen LogP contribution < -0.4 is 0 Å². The van der Waals surface area contributed by atoms with Crippen LogP contribution in [0.1, 0.15) is 59.8 Å². The van der Waals surface area contributed by atoms with E-state index < -0.39 is 17.4 Å². The number of carbonyl (C=O) groups excluding carboxylic acids is 2. The maximum absolute atomic E-state index is 13.2. The van der Waals surface area contributed by atoms with E-state index in [2.05, 4.69) is 0 Å². The lowest BCUT2D eigenvalue weighted by Crippen LogP contribution is -2.56. The van der Waals surface area contributed by atoms with Crippen LogP contribution >= 0.6 is 0 Å². The molecule has 0 bridgehead atoms. The molecule has 3 aliphatic rings. The maximum atomic E-state index is 13.2. The van der Waals surface area contributed by atoms with Crippen LogP contribution in [0, 0.1) is 5.92 Å². The molecule has 0 radical (unpaired) electrons. The highest BCUT2D eigenvalue weighted by Crippen LogP contribution is 2.35. The predicted octanol–water partition coefficient (Wildman–Crippen LogP) is 2.78. The van der Waals surface area contributed by atoms with E-state index in [4.69, 9.17) is 14.2 Å². The Hall–Kier alpha value is -1.34. The third-order valence-electron chi connectivity index (χ3n) is 5.82. The molecule has 27 heavy (non-hydrogen) atoms. The van der Waals surface area contributed by atoms with Crippen LogP contribution in [-0.4, -0.2) is 72.1 Å². The van der Waals surface area contributed by atoms with Gasteiger partial charge < -0.3 is 19.1 Å². The molecular formula is C20H34N2O5. The maximum Gasteiger partial charge on any atom is 0.410 e. The van der Waals surface area contributed by atoms with Crippen molar-refractivity contribution in [1.29, 1.82) is 0 Å². The Morgan fingerprint density at radius 2 is 1.63 bits per heavy atom. The van der Waals surface area contributed by atoms with Gasteiger partial charge in [-0.25, -0.2) is 4.79 Å². The number of hydrogen-bond donors (Lipinski definition) is 0. The molecule has 0 saturated carbocycles. The molecule has 3 fully saturated rings. The van der Waals surface area contributed by atoms with Crippen LogP contribution in [0.25, 0.3) is 0 Å². The zero-order chi connectivity index (χ0) is 19.7. The lowest BCUT2D eigenvalue weighted by Gasteiger charge is -2.42. The first-order valence-electron chi connectivity index (χ1n) is 10.3. The second-order valence-corrected chi connectivity index (χ2v) is 9.00. The van der Waals surface area contributed by atoms with Gasteiger partial charge in [-0.15, -0.1) is 0 Å². The van der Waals surface area contributed by atoms with Crippen molar-refractivity contribution < 1.29 is 23.8 Å². The molecule has 0 aromatic rings. The molecule has 7 nitrogen and oxygen atoms in total. The molecule has 3 aliphatic heterocycles. The van der Waals surface area contributed by atoms with E-state index in [-0.39, 0.29) is 12.0 Å². The van der Waals surface area contributed by atoms with Gasteiger partial charge in [0.15, 0.2) is 5.79 Å². The molecule has 2 amide bonds. The van der Waals surface area contributed by atoms with E-state index in [1.165, 1.54) is 0 Å². The van der Waals surface area contributed by atoms with Crippen LogP contribution in [-0.2, 0) is 19.0 Å². The Morgan fingerprint density at radius 3 is 2.22 bits per heavy atom. The summed E-state index contributed by atoms with van der Waals surface area (Å²) in [5.74, 6) is -0.155. The third kappa shape index (κ3) is 4.74. The summed E-state index contributed by atoms with van der Waals surface area (Å²) in [6.45, 7) is 10.8. The summed E-state index contributed by atoms with van der Waals surface area (Å²) in [6, 6.07) is -0.403. The summed E-state index contributed by atoms with van der Waals surface area (Å²) in [7, 11) is 0. The van der Waals surface area contributed by atoms with Crippen LogP contribution in [0.3, 0.4) is 0 Å². The largest absolute Gasteiger partial charge is 0.444 e. The number of piperidine rings is 2. The molecule has 0 aliphatic carbocycles. The molecular weight excluding hydrogens is 348 g/mol. The summed E-state index contributed by atoms with van der Waals surface area (Å²) in [5, 5.41) is 0. The van der Waals surface area contributed by atoms with Crippen molar-refractivity contribution in [2.45, 2.75) is 77.2 Å². The average Bonchev–Trinajstić information content (AvgIpc) is 3.08. The van der Waals surface area contributed by atoms with Crippen LogP contribution in [0.4, 0.5) is 4.79 Å². The number of amides is 2. The molecule has 3 heterocycles. The fraction of sp³-hybridized carbons (Fsp3) is 0.900. The van der Waals surface area contributed by atoms with Crippen LogP contribution in [0.5, 0.6) is 0 Å². The normalized spacial score (nSPS) is 26.9. The van der Waals surface area contributed by atoms with Gasteiger partial charge in [-0.2, -0.15) is 0 Å². The molecule has 0 aromatic heterocycles. The van der Waals surface area contributed by atoms with Gasteiger partial charge in [-0.1, -0.05) is 0 Å². The van der Waals surface area contributed by atoms with Crippen molar-refractivity contribution in [3.8, 4) is 0 Å². The minimum absolute atomic E-state index is 0.0532. The highest BCUT2D eigenvalue weighted by Gasteiger charge is 2.43. The number of likely N-dealkylation sites (tertiary alicyclic amines) is 2. The zero-order valence-corrected chi connectivity index (χ0v) is 17.2. The first-order valence-corrected chi connectivity index (χ1v) is 10.3. The summed E-state index contributed by atoms with van der Waals surface area (Å²) in [6.07, 6.45) is 3.94. The van der Waals surface area contributed by atoms with Gasteiger partial charge in [-0.05, 0) is 59.8 Å². The first kappa shape index (κ1) is 20.4. The zero-order valence-electron chi connectivity index (χ0n) is 17.2. The molecule has 3 saturated heterocycles. The Morgan fingerprint density at radius 1 is 1.00 bits per heavy atom. The van der Waals surface area contributed by atoms with Crippen molar-refractivity contribution in [1.82, 2.24) is 9.80 Å². The second-order valence-electron chi connectivity index (χ2n) is 9.00. The van der Waals surface area contributed by atoms with Gasteiger partial charge in [-0.3, -0.25) is 9.69 Å². The third-order valence-corrected chi connectivity index (χ3v) is 5.82. The average molecular weight is 383 g/mol. The van der Waals surface area contributed by atoms with Crippen LogP contribution in [0.15, 0.2) is 0 Å². The Kier molecular flexibility index (Phi) is 6.01. The molecule has 0 unspecified atom stereocenters. The van der Waals surface area contributed by atoms with Gasteiger partial charge in [0, 0.05) is 25.6 Å². The summed E-state index contributed by atoms with van der Waals surface area (Å²) in [5.41, 5.74) is -0.558.